The molecule has 1 atom stereocenters. The molecule has 0 aliphatic carbocycles. The predicted molar refractivity (Wildman–Crippen MR) is 109 cm³/mol. The Hall–Kier alpha value is -3.01. The van der Waals surface area contributed by atoms with Gasteiger partial charge < -0.3 is 9.47 Å². The molecule has 132 valence electrons. The summed E-state index contributed by atoms with van der Waals surface area (Å²) in [4.78, 5) is 13.0. The van der Waals surface area contributed by atoms with E-state index in [2.05, 4.69) is 0 Å². The Balaban J connectivity index is 2.15. The van der Waals surface area contributed by atoms with E-state index in [0.29, 0.717) is 17.9 Å². The van der Waals surface area contributed by atoms with Gasteiger partial charge in [-0.2, -0.15) is 0 Å². The number of hydrogen-bond acceptors (Lipinski definition) is 3. The molecule has 2 radical (unpaired) electrons. The highest BCUT2D eigenvalue weighted by Crippen LogP contribution is 2.45. The fourth-order valence-corrected chi connectivity index (χ4v) is 3.52. The van der Waals surface area contributed by atoms with Crippen LogP contribution in [0, 0.1) is 0 Å². The number of benzene rings is 3. The Morgan fingerprint density at radius 1 is 1.07 bits per heavy atom. The minimum Gasteiger partial charge on any atom is -0.492 e. The van der Waals surface area contributed by atoms with Gasteiger partial charge in [0.1, 0.15) is 13.6 Å². The first-order valence-electron chi connectivity index (χ1n) is 9.00. The molecule has 1 aliphatic heterocycles. The van der Waals surface area contributed by atoms with Gasteiger partial charge >= 0.3 is 5.97 Å². The monoisotopic (exact) mass is 354 g/mol. The molecule has 0 saturated heterocycles. The van der Waals surface area contributed by atoms with Crippen LogP contribution in [0.1, 0.15) is 29.8 Å². The van der Waals surface area contributed by atoms with E-state index >= 15 is 0 Å². The van der Waals surface area contributed by atoms with E-state index in [-0.39, 0.29) is 5.97 Å². The molecule has 0 spiro atoms. The fourth-order valence-electron chi connectivity index (χ4n) is 3.52. The normalized spacial score (nSPS) is 18.0. The lowest BCUT2D eigenvalue weighted by molar-refractivity contribution is 0.0529. The van der Waals surface area contributed by atoms with Crippen LogP contribution in [0.4, 0.5) is 0 Å². The van der Waals surface area contributed by atoms with Crippen LogP contribution in [-0.4, -0.2) is 25.9 Å². The van der Waals surface area contributed by atoms with E-state index in [0.717, 1.165) is 27.5 Å². The first kappa shape index (κ1) is 17.4. The molecule has 0 N–H and O–H groups in total. The fraction of sp³-hybridized carbons (Fsp3) is 0.174. The van der Waals surface area contributed by atoms with Crippen molar-refractivity contribution >= 4 is 30.7 Å². The van der Waals surface area contributed by atoms with Crippen molar-refractivity contribution in [1.29, 1.82) is 0 Å². The van der Waals surface area contributed by atoms with Gasteiger partial charge in [0.2, 0.25) is 0 Å². The molecule has 0 bridgehead atoms. The molecule has 0 fully saturated rings. The molecular formula is C23H19BO3. The van der Waals surface area contributed by atoms with Gasteiger partial charge in [-0.25, -0.2) is 4.79 Å². The Bertz CT molecular complexity index is 1050. The van der Waals surface area contributed by atoms with Gasteiger partial charge in [-0.15, -0.1) is 0 Å². The predicted octanol–water partition coefficient (Wildman–Crippen LogP) is 4.97. The van der Waals surface area contributed by atoms with Crippen molar-refractivity contribution < 1.29 is 14.3 Å². The van der Waals surface area contributed by atoms with Gasteiger partial charge in [0, 0.05) is 21.9 Å². The zero-order valence-corrected chi connectivity index (χ0v) is 15.4. The molecule has 1 aliphatic rings. The summed E-state index contributed by atoms with van der Waals surface area (Å²) in [5.41, 5.74) is 2.21. The van der Waals surface area contributed by atoms with Crippen LogP contribution in [0.15, 0.2) is 60.7 Å². The van der Waals surface area contributed by atoms with Gasteiger partial charge in [-0.1, -0.05) is 66.7 Å². The van der Waals surface area contributed by atoms with Crippen LogP contribution < -0.4 is 4.74 Å². The first-order valence-corrected chi connectivity index (χ1v) is 9.00. The maximum atomic E-state index is 13.0. The van der Waals surface area contributed by atoms with Crippen LogP contribution >= 0.6 is 0 Å². The number of rotatable bonds is 3. The van der Waals surface area contributed by atoms with Gasteiger partial charge in [0.05, 0.1) is 17.7 Å². The first-order chi connectivity index (χ1) is 13.0. The SMILES string of the molecule is [B]C1(C)C=Cc2c(-c3ccccc3)c(C(=O)OCC)c3ccccc3c2O1. The standard InChI is InChI=1S/C23H19BO3/c1-3-26-22(25)20-16-11-7-8-12-17(16)21-18(13-14-23(2,24)27-21)19(20)15-9-5-4-6-10-15/h4-14H,3H2,1-2H3. The van der Waals surface area contributed by atoms with Gasteiger partial charge in [0.25, 0.3) is 0 Å². The molecule has 3 aromatic carbocycles. The average Bonchev–Trinajstić information content (AvgIpc) is 2.67. The van der Waals surface area contributed by atoms with Crippen molar-refractivity contribution in [3.8, 4) is 16.9 Å². The molecule has 0 saturated carbocycles. The van der Waals surface area contributed by atoms with E-state index in [4.69, 9.17) is 17.3 Å². The van der Waals surface area contributed by atoms with Gasteiger partial charge in [-0.05, 0) is 19.4 Å². The van der Waals surface area contributed by atoms with E-state index in [1.165, 1.54) is 0 Å². The maximum absolute atomic E-state index is 13.0. The van der Waals surface area contributed by atoms with Crippen LogP contribution in [0.25, 0.3) is 28.0 Å². The highest BCUT2D eigenvalue weighted by Gasteiger charge is 2.30. The van der Waals surface area contributed by atoms with Crippen LogP contribution in [0.3, 0.4) is 0 Å². The van der Waals surface area contributed by atoms with Crippen LogP contribution in [0.5, 0.6) is 5.75 Å². The van der Waals surface area contributed by atoms with Gasteiger partial charge in [0.15, 0.2) is 0 Å². The third-order valence-electron chi connectivity index (χ3n) is 4.65. The lowest BCUT2D eigenvalue weighted by Crippen LogP contribution is -2.32. The van der Waals surface area contributed by atoms with Crippen molar-refractivity contribution in [2.24, 2.45) is 0 Å². The molecule has 3 aromatic rings. The lowest BCUT2D eigenvalue weighted by atomic mass is 9.79. The Kier molecular flexibility index (Phi) is 4.27. The molecule has 27 heavy (non-hydrogen) atoms. The minimum atomic E-state index is -0.908. The molecule has 3 nitrogen and oxygen atoms in total. The number of carbonyl (C=O) groups is 1. The van der Waals surface area contributed by atoms with Crippen molar-refractivity contribution in [3.63, 3.8) is 0 Å². The van der Waals surface area contributed by atoms with E-state index in [1.807, 2.05) is 80.6 Å². The van der Waals surface area contributed by atoms with Crippen molar-refractivity contribution in [1.82, 2.24) is 0 Å². The van der Waals surface area contributed by atoms with E-state index in [1.54, 1.807) is 0 Å². The number of esters is 1. The maximum Gasteiger partial charge on any atom is 0.339 e. The summed E-state index contributed by atoms with van der Waals surface area (Å²) in [5.74, 6) is 0.342. The Morgan fingerprint density at radius 3 is 2.44 bits per heavy atom. The van der Waals surface area contributed by atoms with E-state index < -0.39 is 5.50 Å². The summed E-state index contributed by atoms with van der Waals surface area (Å²) in [6, 6.07) is 17.5. The number of fused-ring (bicyclic) bond motifs is 3. The largest absolute Gasteiger partial charge is 0.492 e. The summed E-state index contributed by atoms with van der Waals surface area (Å²) in [6.45, 7) is 3.93. The summed E-state index contributed by atoms with van der Waals surface area (Å²) < 4.78 is 11.5. The molecule has 0 amide bonds. The quantitative estimate of drug-likeness (QED) is 0.492. The molecule has 1 unspecified atom stereocenters. The molecule has 0 aromatic heterocycles. The highest BCUT2D eigenvalue weighted by molar-refractivity contribution is 6.19. The molecule has 4 heteroatoms. The minimum absolute atomic E-state index is 0.311. The summed E-state index contributed by atoms with van der Waals surface area (Å²) in [5, 5.41) is 1.64. The second kappa shape index (κ2) is 6.62. The topological polar surface area (TPSA) is 35.5 Å². The summed E-state index contributed by atoms with van der Waals surface area (Å²) in [6.07, 6.45) is 3.75. The molecule has 4 rings (SSSR count). The summed E-state index contributed by atoms with van der Waals surface area (Å²) >= 11 is 0. The number of carbonyl (C=O) groups excluding carboxylic acids is 1. The third-order valence-corrected chi connectivity index (χ3v) is 4.65. The Labute approximate surface area is 160 Å². The third kappa shape index (κ3) is 3.01. The second-order valence-corrected chi connectivity index (χ2v) is 6.74. The van der Waals surface area contributed by atoms with Crippen molar-refractivity contribution in [2.75, 3.05) is 6.61 Å². The van der Waals surface area contributed by atoms with Gasteiger partial charge in [-0.3, -0.25) is 0 Å². The lowest BCUT2D eigenvalue weighted by Gasteiger charge is -2.31. The number of hydrogen-bond donors (Lipinski definition) is 0. The summed E-state index contributed by atoms with van der Waals surface area (Å²) in [7, 11) is 6.22. The number of ether oxygens (including phenoxy) is 2. The highest BCUT2D eigenvalue weighted by atomic mass is 16.5. The smallest absolute Gasteiger partial charge is 0.339 e. The molecular weight excluding hydrogens is 335 g/mol. The van der Waals surface area contributed by atoms with Crippen molar-refractivity contribution in [3.05, 3.63) is 71.8 Å². The van der Waals surface area contributed by atoms with Crippen LogP contribution in [0.2, 0.25) is 0 Å². The van der Waals surface area contributed by atoms with Crippen molar-refractivity contribution in [2.45, 2.75) is 19.3 Å². The Morgan fingerprint density at radius 2 is 1.74 bits per heavy atom. The second-order valence-electron chi connectivity index (χ2n) is 6.74. The van der Waals surface area contributed by atoms with Crippen LogP contribution in [-0.2, 0) is 4.74 Å². The average molecular weight is 354 g/mol. The zero-order valence-electron chi connectivity index (χ0n) is 15.4. The molecule has 1 heterocycles. The zero-order chi connectivity index (χ0) is 19.0. The van der Waals surface area contributed by atoms with E-state index in [9.17, 15) is 4.79 Å².